The number of likely N-dealkylation sites (tertiary alicyclic amines) is 1. The van der Waals surface area contributed by atoms with Crippen LogP contribution in [0.15, 0.2) is 0 Å². The molecule has 112 valence electrons. The molecule has 2 N–H and O–H groups in total. The minimum atomic E-state index is 0.276. The fourth-order valence-corrected chi connectivity index (χ4v) is 2.56. The molecule has 19 heavy (non-hydrogen) atoms. The van der Waals surface area contributed by atoms with Crippen LogP contribution in [0.25, 0.3) is 0 Å². The zero-order valence-electron chi connectivity index (χ0n) is 13.1. The van der Waals surface area contributed by atoms with Gasteiger partial charge in [0.2, 0.25) is 5.91 Å². The third-order valence-corrected chi connectivity index (χ3v) is 3.51. The Balaban J connectivity index is 2.46. The van der Waals surface area contributed by atoms with E-state index in [2.05, 4.69) is 32.6 Å². The first-order chi connectivity index (χ1) is 8.88. The maximum absolute atomic E-state index is 12.4. The van der Waals surface area contributed by atoms with E-state index >= 15 is 0 Å². The van der Waals surface area contributed by atoms with E-state index in [1.165, 1.54) is 0 Å². The molecule has 0 unspecified atom stereocenters. The summed E-state index contributed by atoms with van der Waals surface area (Å²) in [5.41, 5.74) is 5.90. The molecule has 4 nitrogen and oxygen atoms in total. The van der Waals surface area contributed by atoms with Gasteiger partial charge < -0.3 is 10.6 Å². The summed E-state index contributed by atoms with van der Waals surface area (Å²) in [4.78, 5) is 16.7. The molecule has 0 aromatic carbocycles. The summed E-state index contributed by atoms with van der Waals surface area (Å²) in [6.07, 6.45) is 2.03. The van der Waals surface area contributed by atoms with Crippen LogP contribution in [0.4, 0.5) is 0 Å². The maximum atomic E-state index is 12.4. The van der Waals surface area contributed by atoms with Gasteiger partial charge in [0.25, 0.3) is 0 Å². The first kappa shape index (κ1) is 16.4. The van der Waals surface area contributed by atoms with Crippen LogP contribution in [0, 0.1) is 11.8 Å². The van der Waals surface area contributed by atoms with Crippen molar-refractivity contribution >= 4 is 5.91 Å². The fourth-order valence-electron chi connectivity index (χ4n) is 2.56. The van der Waals surface area contributed by atoms with Crippen LogP contribution in [-0.4, -0.2) is 54.5 Å². The van der Waals surface area contributed by atoms with Gasteiger partial charge in [-0.1, -0.05) is 27.7 Å². The second-order valence-electron chi connectivity index (χ2n) is 6.70. The molecule has 0 aliphatic carbocycles. The quantitative estimate of drug-likeness (QED) is 0.796. The normalized spacial score (nSPS) is 18.3. The second-order valence-corrected chi connectivity index (χ2v) is 6.70. The van der Waals surface area contributed by atoms with Gasteiger partial charge in [0.1, 0.15) is 0 Å². The molecule has 0 saturated carbocycles. The highest BCUT2D eigenvalue weighted by atomic mass is 16.2. The van der Waals surface area contributed by atoms with Gasteiger partial charge in [-0.25, -0.2) is 0 Å². The molecule has 1 rings (SSSR count). The average Bonchev–Trinajstić information content (AvgIpc) is 2.30. The van der Waals surface area contributed by atoms with Crippen LogP contribution in [0.5, 0.6) is 0 Å². The Hall–Kier alpha value is -0.610. The van der Waals surface area contributed by atoms with E-state index in [1.54, 1.807) is 0 Å². The van der Waals surface area contributed by atoms with Crippen LogP contribution in [-0.2, 0) is 4.79 Å². The van der Waals surface area contributed by atoms with Crippen molar-refractivity contribution in [2.45, 2.75) is 46.6 Å². The van der Waals surface area contributed by atoms with E-state index in [9.17, 15) is 4.79 Å². The highest BCUT2D eigenvalue weighted by molar-refractivity contribution is 5.78. The number of amides is 1. The molecule has 1 aliphatic rings. The van der Waals surface area contributed by atoms with Crippen molar-refractivity contribution in [3.05, 3.63) is 0 Å². The Bertz CT molecular complexity index is 261. The predicted molar refractivity (Wildman–Crippen MR) is 79.9 cm³/mol. The number of nitrogens with zero attached hydrogens (tertiary/aromatic N) is 2. The number of nitrogens with two attached hydrogens (primary N) is 1. The number of carbonyl (C=O) groups is 1. The maximum Gasteiger partial charge on any atom is 0.236 e. The average molecular weight is 269 g/mol. The van der Waals surface area contributed by atoms with E-state index in [-0.39, 0.29) is 5.91 Å². The van der Waals surface area contributed by atoms with Gasteiger partial charge >= 0.3 is 0 Å². The van der Waals surface area contributed by atoms with Gasteiger partial charge in [0, 0.05) is 32.2 Å². The summed E-state index contributed by atoms with van der Waals surface area (Å²) in [6.45, 7) is 12.9. The molecule has 0 spiro atoms. The van der Waals surface area contributed by atoms with Gasteiger partial charge in [-0.05, 0) is 24.7 Å². The van der Waals surface area contributed by atoms with Crippen molar-refractivity contribution in [1.82, 2.24) is 9.80 Å². The Morgan fingerprint density at radius 2 is 1.63 bits per heavy atom. The molecule has 0 aromatic rings. The lowest BCUT2D eigenvalue weighted by atomic mass is 10.1. The van der Waals surface area contributed by atoms with Gasteiger partial charge in [0.15, 0.2) is 0 Å². The van der Waals surface area contributed by atoms with Gasteiger partial charge in [-0.15, -0.1) is 0 Å². The molecule has 0 aromatic heterocycles. The predicted octanol–water partition coefficient (Wildman–Crippen LogP) is 1.55. The van der Waals surface area contributed by atoms with Crippen LogP contribution in [0.1, 0.15) is 40.5 Å². The van der Waals surface area contributed by atoms with Crippen molar-refractivity contribution in [2.24, 2.45) is 17.6 Å². The first-order valence-electron chi connectivity index (χ1n) is 7.64. The van der Waals surface area contributed by atoms with E-state index < -0.39 is 0 Å². The molecule has 1 heterocycles. The highest BCUT2D eigenvalue weighted by Crippen LogP contribution is 2.10. The summed E-state index contributed by atoms with van der Waals surface area (Å²) in [7, 11) is 0. The third kappa shape index (κ3) is 6.39. The molecular formula is C15H31N3O. The molecule has 0 radical (unpaired) electrons. The molecule has 0 bridgehead atoms. The largest absolute Gasteiger partial charge is 0.341 e. The van der Waals surface area contributed by atoms with Crippen LogP contribution < -0.4 is 5.73 Å². The number of carbonyl (C=O) groups excluding carboxylic acids is 1. The highest BCUT2D eigenvalue weighted by Gasteiger charge is 2.22. The number of piperidine rings is 1. The number of hydrogen-bond donors (Lipinski definition) is 1. The van der Waals surface area contributed by atoms with Crippen LogP contribution in [0.3, 0.4) is 0 Å². The zero-order chi connectivity index (χ0) is 14.4. The molecule has 4 heteroatoms. The molecule has 1 saturated heterocycles. The summed E-state index contributed by atoms with van der Waals surface area (Å²) in [5, 5.41) is 0. The Morgan fingerprint density at radius 3 is 2.05 bits per heavy atom. The molecular weight excluding hydrogens is 238 g/mol. The van der Waals surface area contributed by atoms with Crippen molar-refractivity contribution in [3.63, 3.8) is 0 Å². The molecule has 1 aliphatic heterocycles. The van der Waals surface area contributed by atoms with E-state index in [1.807, 2.05) is 4.90 Å². The van der Waals surface area contributed by atoms with Crippen molar-refractivity contribution < 1.29 is 4.79 Å². The first-order valence-corrected chi connectivity index (χ1v) is 7.64. The third-order valence-electron chi connectivity index (χ3n) is 3.51. The lowest BCUT2D eigenvalue weighted by Gasteiger charge is -2.33. The summed E-state index contributed by atoms with van der Waals surface area (Å²) >= 11 is 0. The Kier molecular flexibility index (Phi) is 6.80. The van der Waals surface area contributed by atoms with Gasteiger partial charge in [-0.2, -0.15) is 0 Å². The lowest BCUT2D eigenvalue weighted by Crippen LogP contribution is -2.47. The minimum absolute atomic E-state index is 0.276. The summed E-state index contributed by atoms with van der Waals surface area (Å²) in [5.74, 6) is 1.33. The van der Waals surface area contributed by atoms with Crippen molar-refractivity contribution in [3.8, 4) is 0 Å². The molecule has 0 atom stereocenters. The number of hydrogen-bond acceptors (Lipinski definition) is 3. The Morgan fingerprint density at radius 1 is 1.16 bits per heavy atom. The van der Waals surface area contributed by atoms with Crippen molar-refractivity contribution in [1.29, 1.82) is 0 Å². The van der Waals surface area contributed by atoms with E-state index in [0.29, 0.717) is 24.4 Å². The lowest BCUT2D eigenvalue weighted by molar-refractivity contribution is -0.133. The molecule has 1 amide bonds. The zero-order valence-corrected chi connectivity index (χ0v) is 13.1. The fraction of sp³-hybridized carbons (Fsp3) is 0.933. The topological polar surface area (TPSA) is 49.6 Å². The van der Waals surface area contributed by atoms with Crippen LogP contribution >= 0.6 is 0 Å². The van der Waals surface area contributed by atoms with Crippen LogP contribution in [0.2, 0.25) is 0 Å². The minimum Gasteiger partial charge on any atom is -0.341 e. The summed E-state index contributed by atoms with van der Waals surface area (Å²) in [6, 6.07) is 0.328. The smallest absolute Gasteiger partial charge is 0.236 e. The van der Waals surface area contributed by atoms with E-state index in [0.717, 1.165) is 39.0 Å². The van der Waals surface area contributed by atoms with Gasteiger partial charge in [-0.3, -0.25) is 9.69 Å². The summed E-state index contributed by atoms with van der Waals surface area (Å²) < 4.78 is 0. The number of rotatable bonds is 6. The SMILES string of the molecule is CC(C)CN(CC(C)C)C(=O)CN1CCC(N)CC1. The molecule has 1 fully saturated rings. The monoisotopic (exact) mass is 269 g/mol. The second kappa shape index (κ2) is 7.85. The van der Waals surface area contributed by atoms with Crippen molar-refractivity contribution in [2.75, 3.05) is 32.7 Å². The standard InChI is InChI=1S/C15H31N3O/c1-12(2)9-18(10-13(3)4)15(19)11-17-7-5-14(16)6-8-17/h12-14H,5-11,16H2,1-4H3. The van der Waals surface area contributed by atoms with Gasteiger partial charge in [0.05, 0.1) is 6.54 Å². The Labute approximate surface area is 118 Å². The van der Waals surface area contributed by atoms with E-state index in [4.69, 9.17) is 5.73 Å².